The van der Waals surface area contributed by atoms with Crippen LogP contribution in [0.4, 0.5) is 0 Å². The number of carbonyl (C=O) groups is 1. The van der Waals surface area contributed by atoms with E-state index in [1.54, 1.807) is 18.5 Å². The Kier molecular flexibility index (Phi) is 6.30. The third-order valence-electron chi connectivity index (χ3n) is 4.21. The minimum atomic E-state index is -3.55. The van der Waals surface area contributed by atoms with Crippen molar-refractivity contribution in [1.82, 2.24) is 19.1 Å². The summed E-state index contributed by atoms with van der Waals surface area (Å²) in [7, 11) is -3.55. The average molecular weight is 411 g/mol. The fraction of sp³-hybridized carbons (Fsp3) is 0.471. The van der Waals surface area contributed by atoms with Gasteiger partial charge in [-0.25, -0.2) is 8.42 Å². The van der Waals surface area contributed by atoms with E-state index in [0.29, 0.717) is 37.0 Å². The number of sulfonamides is 1. The Hall–Kier alpha value is -1.75. The van der Waals surface area contributed by atoms with Crippen LogP contribution in [0, 0.1) is 0 Å². The number of ether oxygens (including phenoxy) is 1. The number of rotatable bonds is 7. The highest BCUT2D eigenvalue weighted by molar-refractivity contribution is 7.99. The highest BCUT2D eigenvalue weighted by Gasteiger charge is 2.26. The van der Waals surface area contributed by atoms with Gasteiger partial charge in [-0.15, -0.1) is 10.2 Å². The maximum absolute atomic E-state index is 12.6. The normalized spacial score (nSPS) is 16.0. The van der Waals surface area contributed by atoms with Gasteiger partial charge in [-0.3, -0.25) is 4.79 Å². The van der Waals surface area contributed by atoms with Crippen molar-refractivity contribution in [3.8, 4) is 0 Å². The molecule has 0 saturated carbocycles. The first-order chi connectivity index (χ1) is 12.9. The molecule has 0 bridgehead atoms. The number of carbonyl (C=O) groups excluding carboxylic acids is 1. The predicted molar refractivity (Wildman–Crippen MR) is 101 cm³/mol. The van der Waals surface area contributed by atoms with E-state index in [2.05, 4.69) is 10.2 Å². The summed E-state index contributed by atoms with van der Waals surface area (Å²) >= 11 is 1.32. The molecule has 0 atom stereocenters. The van der Waals surface area contributed by atoms with Gasteiger partial charge in [-0.05, 0) is 26.0 Å². The van der Waals surface area contributed by atoms with Crippen molar-refractivity contribution in [2.45, 2.75) is 29.9 Å². The third kappa shape index (κ3) is 4.57. The van der Waals surface area contributed by atoms with Gasteiger partial charge in [0, 0.05) is 24.7 Å². The number of benzene rings is 1. The number of ketones is 1. The first kappa shape index (κ1) is 20.0. The van der Waals surface area contributed by atoms with Gasteiger partial charge in [-0.1, -0.05) is 23.9 Å². The number of Topliss-reactive ketones (excluding diaryl/α,β-unsaturated/α-hetero) is 1. The maximum atomic E-state index is 12.6. The molecule has 1 aliphatic rings. The summed E-state index contributed by atoms with van der Waals surface area (Å²) in [6.45, 7) is 5.51. The Morgan fingerprint density at radius 2 is 1.89 bits per heavy atom. The van der Waals surface area contributed by atoms with E-state index in [9.17, 15) is 13.2 Å². The number of hydrogen-bond acceptors (Lipinski definition) is 7. The maximum Gasteiger partial charge on any atom is 0.243 e. The van der Waals surface area contributed by atoms with Gasteiger partial charge in [0.2, 0.25) is 10.0 Å². The summed E-state index contributed by atoms with van der Waals surface area (Å²) in [5.41, 5.74) is 0.471. The fourth-order valence-electron chi connectivity index (χ4n) is 2.65. The molecular formula is C17H22N4O4S2. The number of thioether (sulfide) groups is 1. The van der Waals surface area contributed by atoms with E-state index in [-0.39, 0.29) is 22.5 Å². The topological polar surface area (TPSA) is 94.4 Å². The van der Waals surface area contributed by atoms with Crippen molar-refractivity contribution >= 4 is 27.6 Å². The van der Waals surface area contributed by atoms with Gasteiger partial charge < -0.3 is 9.30 Å². The molecule has 8 nitrogen and oxygen atoms in total. The van der Waals surface area contributed by atoms with Crippen LogP contribution in [0.5, 0.6) is 0 Å². The number of morpholine rings is 1. The van der Waals surface area contributed by atoms with Crippen LogP contribution in [-0.2, 0) is 14.8 Å². The molecule has 0 aliphatic carbocycles. The monoisotopic (exact) mass is 410 g/mol. The van der Waals surface area contributed by atoms with Crippen molar-refractivity contribution in [3.05, 3.63) is 36.2 Å². The molecule has 1 aromatic heterocycles. The average Bonchev–Trinajstić information content (AvgIpc) is 3.16. The molecule has 10 heteroatoms. The minimum absolute atomic E-state index is 0.0892. The van der Waals surface area contributed by atoms with E-state index in [0.717, 1.165) is 0 Å². The summed E-state index contributed by atoms with van der Waals surface area (Å²) in [6, 6.07) is 6.30. The molecule has 1 aromatic carbocycles. The lowest BCUT2D eigenvalue weighted by molar-refractivity contribution is 0.0730. The summed E-state index contributed by atoms with van der Waals surface area (Å²) in [4.78, 5) is 12.6. The molecule has 0 spiro atoms. The second-order valence-corrected chi connectivity index (χ2v) is 9.25. The lowest BCUT2D eigenvalue weighted by atomic mass is 10.1. The van der Waals surface area contributed by atoms with E-state index < -0.39 is 10.0 Å². The van der Waals surface area contributed by atoms with Crippen molar-refractivity contribution in [2.24, 2.45) is 0 Å². The van der Waals surface area contributed by atoms with Crippen LogP contribution in [0.25, 0.3) is 0 Å². The standard InChI is InChI=1S/C17H22N4O4S2/c1-13(2)21-12-18-19-17(21)26-11-16(22)14-3-5-15(6-4-14)27(23,24)20-7-9-25-10-8-20/h3-6,12-13H,7-11H2,1-2H3. The highest BCUT2D eigenvalue weighted by atomic mass is 32.2. The zero-order valence-electron chi connectivity index (χ0n) is 15.2. The van der Waals surface area contributed by atoms with Crippen LogP contribution in [0.15, 0.2) is 40.6 Å². The van der Waals surface area contributed by atoms with Crippen molar-refractivity contribution in [2.75, 3.05) is 32.1 Å². The molecule has 0 N–H and O–H groups in total. The van der Waals surface area contributed by atoms with Crippen LogP contribution < -0.4 is 0 Å². The van der Waals surface area contributed by atoms with Gasteiger partial charge in [0.05, 0.1) is 23.9 Å². The van der Waals surface area contributed by atoms with Crippen molar-refractivity contribution < 1.29 is 17.9 Å². The molecule has 0 amide bonds. The first-order valence-corrected chi connectivity index (χ1v) is 11.1. The summed E-state index contributed by atoms with van der Waals surface area (Å²) in [5, 5.41) is 8.59. The Labute approximate surface area is 163 Å². The van der Waals surface area contributed by atoms with Crippen molar-refractivity contribution in [1.29, 1.82) is 0 Å². The van der Waals surface area contributed by atoms with Crippen LogP contribution in [-0.4, -0.2) is 65.3 Å². The molecule has 3 rings (SSSR count). The summed E-state index contributed by atoms with van der Waals surface area (Å²) in [6.07, 6.45) is 1.64. The van der Waals surface area contributed by atoms with Crippen molar-refractivity contribution in [3.63, 3.8) is 0 Å². The second kappa shape index (κ2) is 8.51. The lowest BCUT2D eigenvalue weighted by Gasteiger charge is -2.26. The van der Waals surface area contributed by atoms with E-state index in [1.165, 1.54) is 28.2 Å². The van der Waals surface area contributed by atoms with Gasteiger partial charge in [-0.2, -0.15) is 4.31 Å². The van der Waals surface area contributed by atoms with Crippen LogP contribution in [0.1, 0.15) is 30.2 Å². The largest absolute Gasteiger partial charge is 0.379 e. The molecule has 2 aromatic rings. The number of hydrogen-bond donors (Lipinski definition) is 0. The van der Waals surface area contributed by atoms with Gasteiger partial charge in [0.1, 0.15) is 6.33 Å². The Balaban J connectivity index is 1.66. The lowest BCUT2D eigenvalue weighted by Crippen LogP contribution is -2.40. The second-order valence-electron chi connectivity index (χ2n) is 6.37. The predicted octanol–water partition coefficient (Wildman–Crippen LogP) is 1.85. The Morgan fingerprint density at radius 3 is 2.52 bits per heavy atom. The third-order valence-corrected chi connectivity index (χ3v) is 7.08. The molecule has 1 aliphatic heterocycles. The van der Waals surface area contributed by atoms with Gasteiger partial charge >= 0.3 is 0 Å². The summed E-state index contributed by atoms with van der Waals surface area (Å²) < 4.78 is 33.7. The summed E-state index contributed by atoms with van der Waals surface area (Å²) in [5.74, 6) is 0.120. The first-order valence-electron chi connectivity index (χ1n) is 8.63. The zero-order valence-corrected chi connectivity index (χ0v) is 16.9. The van der Waals surface area contributed by atoms with Crippen LogP contribution >= 0.6 is 11.8 Å². The van der Waals surface area contributed by atoms with Crippen LogP contribution in [0.2, 0.25) is 0 Å². The molecule has 0 unspecified atom stereocenters. The zero-order chi connectivity index (χ0) is 19.4. The minimum Gasteiger partial charge on any atom is -0.379 e. The highest BCUT2D eigenvalue weighted by Crippen LogP contribution is 2.21. The van der Waals surface area contributed by atoms with Gasteiger partial charge in [0.25, 0.3) is 0 Å². The van der Waals surface area contributed by atoms with E-state index >= 15 is 0 Å². The van der Waals surface area contributed by atoms with E-state index in [4.69, 9.17) is 4.74 Å². The fourth-order valence-corrected chi connectivity index (χ4v) is 5.00. The van der Waals surface area contributed by atoms with Crippen LogP contribution in [0.3, 0.4) is 0 Å². The number of nitrogens with zero attached hydrogens (tertiary/aromatic N) is 4. The number of aromatic nitrogens is 3. The quantitative estimate of drug-likeness (QED) is 0.508. The molecule has 1 fully saturated rings. The van der Waals surface area contributed by atoms with E-state index in [1.807, 2.05) is 18.4 Å². The SMILES string of the molecule is CC(C)n1cnnc1SCC(=O)c1ccc(S(=O)(=O)N2CCOCC2)cc1. The molecule has 146 valence electrons. The molecule has 0 radical (unpaired) electrons. The molecular weight excluding hydrogens is 388 g/mol. The molecule has 27 heavy (non-hydrogen) atoms. The molecule has 2 heterocycles. The van der Waals surface area contributed by atoms with Gasteiger partial charge in [0.15, 0.2) is 10.9 Å². The molecule has 1 saturated heterocycles. The Morgan fingerprint density at radius 1 is 1.22 bits per heavy atom. The Bertz CT molecular complexity index is 888. The smallest absolute Gasteiger partial charge is 0.243 e.